The number of nitrogens with zero attached hydrogens (tertiary/aromatic N) is 1. The molecule has 5 heteroatoms. The molecule has 0 atom stereocenters. The van der Waals surface area contributed by atoms with E-state index in [9.17, 15) is 5.11 Å². The quantitative estimate of drug-likeness (QED) is 0.911. The molecule has 1 aromatic carbocycles. The van der Waals surface area contributed by atoms with Gasteiger partial charge in [-0.25, -0.2) is 4.98 Å². The van der Waals surface area contributed by atoms with Gasteiger partial charge in [0, 0.05) is 12.1 Å². The van der Waals surface area contributed by atoms with Gasteiger partial charge in [-0.3, -0.25) is 0 Å². The average molecular weight is 311 g/mol. The van der Waals surface area contributed by atoms with Crippen LogP contribution in [-0.4, -0.2) is 10.1 Å². The normalized spacial score (nSPS) is 10.8. The van der Waals surface area contributed by atoms with Crippen LogP contribution in [0.4, 0.5) is 0 Å². The zero-order valence-electron chi connectivity index (χ0n) is 10.3. The van der Waals surface area contributed by atoms with E-state index >= 15 is 0 Å². The monoisotopic (exact) mass is 310 g/mol. The third-order valence-electron chi connectivity index (χ3n) is 2.73. The lowest BCUT2D eigenvalue weighted by Crippen LogP contribution is -2.13. The Hall–Kier alpha value is -1.33. The standard InChI is InChI=1S/C13H15BrN2O2/c1-8-9(2)18-12(16-8)7-15-6-10-4-3-5-11(14)13(10)17/h3-5,15,17H,6-7H2,1-2H3. The Kier molecular flexibility index (Phi) is 4.04. The van der Waals surface area contributed by atoms with Gasteiger partial charge < -0.3 is 14.8 Å². The van der Waals surface area contributed by atoms with Crippen molar-refractivity contribution in [2.75, 3.05) is 0 Å². The van der Waals surface area contributed by atoms with Gasteiger partial charge in [0.15, 0.2) is 0 Å². The highest BCUT2D eigenvalue weighted by Gasteiger charge is 2.07. The van der Waals surface area contributed by atoms with Crippen molar-refractivity contribution >= 4 is 15.9 Å². The van der Waals surface area contributed by atoms with Gasteiger partial charge in [0.25, 0.3) is 0 Å². The summed E-state index contributed by atoms with van der Waals surface area (Å²) in [6.07, 6.45) is 0. The summed E-state index contributed by atoms with van der Waals surface area (Å²) in [5.74, 6) is 1.78. The van der Waals surface area contributed by atoms with Gasteiger partial charge in [-0.2, -0.15) is 0 Å². The van der Waals surface area contributed by atoms with Crippen LogP contribution in [0, 0.1) is 13.8 Å². The maximum absolute atomic E-state index is 9.82. The molecule has 0 radical (unpaired) electrons. The second-order valence-electron chi connectivity index (χ2n) is 4.10. The van der Waals surface area contributed by atoms with Gasteiger partial charge in [-0.15, -0.1) is 0 Å². The molecular weight excluding hydrogens is 296 g/mol. The Balaban J connectivity index is 1.94. The van der Waals surface area contributed by atoms with Gasteiger partial charge in [-0.05, 0) is 35.8 Å². The summed E-state index contributed by atoms with van der Waals surface area (Å²) in [5, 5.41) is 13.0. The molecule has 2 rings (SSSR count). The number of hydrogen-bond donors (Lipinski definition) is 2. The maximum atomic E-state index is 9.82. The molecule has 0 aliphatic rings. The molecule has 1 aromatic heterocycles. The number of phenolic OH excluding ortho intramolecular Hbond substituents is 1. The molecule has 0 saturated heterocycles. The van der Waals surface area contributed by atoms with E-state index in [1.807, 2.05) is 26.0 Å². The smallest absolute Gasteiger partial charge is 0.208 e. The minimum absolute atomic E-state index is 0.268. The zero-order chi connectivity index (χ0) is 13.1. The molecule has 0 unspecified atom stereocenters. The lowest BCUT2D eigenvalue weighted by Gasteiger charge is -2.06. The predicted octanol–water partition coefficient (Wildman–Crippen LogP) is 3.05. The topological polar surface area (TPSA) is 58.3 Å². The van der Waals surface area contributed by atoms with E-state index in [4.69, 9.17) is 4.42 Å². The summed E-state index contributed by atoms with van der Waals surface area (Å²) >= 11 is 3.29. The van der Waals surface area contributed by atoms with E-state index in [2.05, 4.69) is 26.2 Å². The number of benzene rings is 1. The Morgan fingerprint density at radius 2 is 2.11 bits per heavy atom. The molecule has 2 N–H and O–H groups in total. The third-order valence-corrected chi connectivity index (χ3v) is 3.37. The molecule has 0 amide bonds. The first-order valence-corrected chi connectivity index (χ1v) is 6.47. The van der Waals surface area contributed by atoms with Crippen LogP contribution in [0.25, 0.3) is 0 Å². The second kappa shape index (κ2) is 5.54. The maximum Gasteiger partial charge on any atom is 0.208 e. The van der Waals surface area contributed by atoms with Crippen LogP contribution < -0.4 is 5.32 Å². The van der Waals surface area contributed by atoms with Crippen molar-refractivity contribution in [1.82, 2.24) is 10.3 Å². The zero-order valence-corrected chi connectivity index (χ0v) is 11.9. The number of halogens is 1. The summed E-state index contributed by atoms with van der Waals surface area (Å²) in [5.41, 5.74) is 1.75. The summed E-state index contributed by atoms with van der Waals surface area (Å²) < 4.78 is 6.16. The fourth-order valence-corrected chi connectivity index (χ4v) is 2.03. The molecule has 0 spiro atoms. The van der Waals surface area contributed by atoms with Gasteiger partial charge in [0.05, 0.1) is 16.7 Å². The summed E-state index contributed by atoms with van der Waals surface area (Å²) in [6.45, 7) is 4.92. The van der Waals surface area contributed by atoms with Gasteiger partial charge >= 0.3 is 0 Å². The van der Waals surface area contributed by atoms with E-state index in [1.165, 1.54) is 0 Å². The number of aromatic hydroxyl groups is 1. The SMILES string of the molecule is Cc1nc(CNCc2cccc(Br)c2O)oc1C. The molecule has 2 aromatic rings. The molecule has 0 aliphatic carbocycles. The largest absolute Gasteiger partial charge is 0.506 e. The van der Waals surface area contributed by atoms with Gasteiger partial charge in [0.2, 0.25) is 5.89 Å². The van der Waals surface area contributed by atoms with Crippen LogP contribution >= 0.6 is 15.9 Å². The number of oxazole rings is 1. The number of aromatic nitrogens is 1. The second-order valence-corrected chi connectivity index (χ2v) is 4.95. The van der Waals surface area contributed by atoms with Crippen LogP contribution in [0.3, 0.4) is 0 Å². The van der Waals surface area contributed by atoms with Crippen molar-refractivity contribution in [3.05, 3.63) is 45.6 Å². The van der Waals surface area contributed by atoms with Crippen LogP contribution in [0.5, 0.6) is 5.75 Å². The first-order valence-electron chi connectivity index (χ1n) is 5.68. The fraction of sp³-hybridized carbons (Fsp3) is 0.308. The number of para-hydroxylation sites is 1. The molecule has 0 fully saturated rings. The number of hydrogen-bond acceptors (Lipinski definition) is 4. The highest BCUT2D eigenvalue weighted by atomic mass is 79.9. The molecule has 0 saturated carbocycles. The molecule has 0 bridgehead atoms. The van der Waals surface area contributed by atoms with Crippen LogP contribution in [-0.2, 0) is 13.1 Å². The van der Waals surface area contributed by atoms with Crippen molar-refractivity contribution in [2.24, 2.45) is 0 Å². The first-order chi connectivity index (χ1) is 8.58. The first kappa shape index (κ1) is 13.1. The van der Waals surface area contributed by atoms with E-state index in [-0.39, 0.29) is 5.75 Å². The van der Waals surface area contributed by atoms with Crippen molar-refractivity contribution in [1.29, 1.82) is 0 Å². The number of phenols is 1. The van der Waals surface area contributed by atoms with Crippen molar-refractivity contribution in [2.45, 2.75) is 26.9 Å². The molecule has 1 heterocycles. The summed E-state index contributed by atoms with van der Waals surface area (Å²) in [4.78, 5) is 4.28. The lowest BCUT2D eigenvalue weighted by molar-refractivity contribution is 0.439. The minimum Gasteiger partial charge on any atom is -0.506 e. The molecular formula is C13H15BrN2O2. The fourth-order valence-electron chi connectivity index (χ4n) is 1.62. The lowest BCUT2D eigenvalue weighted by atomic mass is 10.2. The van der Waals surface area contributed by atoms with Gasteiger partial charge in [-0.1, -0.05) is 12.1 Å². The minimum atomic E-state index is 0.268. The number of nitrogens with one attached hydrogen (secondary N) is 1. The Morgan fingerprint density at radius 1 is 1.33 bits per heavy atom. The molecule has 96 valence electrons. The van der Waals surface area contributed by atoms with Crippen molar-refractivity contribution in [3.63, 3.8) is 0 Å². The molecule has 0 aliphatic heterocycles. The number of rotatable bonds is 4. The number of aryl methyl sites for hydroxylation is 2. The third kappa shape index (κ3) is 2.91. The predicted molar refractivity (Wildman–Crippen MR) is 72.3 cm³/mol. The Bertz CT molecular complexity index is 532. The van der Waals surface area contributed by atoms with E-state index in [1.54, 1.807) is 6.07 Å². The summed E-state index contributed by atoms with van der Waals surface area (Å²) in [6, 6.07) is 5.57. The highest BCUT2D eigenvalue weighted by molar-refractivity contribution is 9.10. The van der Waals surface area contributed by atoms with Crippen LogP contribution in [0.15, 0.2) is 27.1 Å². The van der Waals surface area contributed by atoms with Crippen molar-refractivity contribution < 1.29 is 9.52 Å². The van der Waals surface area contributed by atoms with Crippen molar-refractivity contribution in [3.8, 4) is 5.75 Å². The highest BCUT2D eigenvalue weighted by Crippen LogP contribution is 2.27. The average Bonchev–Trinajstić information content (AvgIpc) is 2.64. The Morgan fingerprint density at radius 3 is 2.78 bits per heavy atom. The van der Waals surface area contributed by atoms with E-state index in [0.717, 1.165) is 17.0 Å². The van der Waals surface area contributed by atoms with Crippen LogP contribution in [0.2, 0.25) is 0 Å². The summed E-state index contributed by atoms with van der Waals surface area (Å²) in [7, 11) is 0. The van der Waals surface area contributed by atoms with E-state index in [0.29, 0.717) is 23.5 Å². The molecule has 18 heavy (non-hydrogen) atoms. The van der Waals surface area contributed by atoms with Gasteiger partial charge in [0.1, 0.15) is 11.5 Å². The van der Waals surface area contributed by atoms with Crippen LogP contribution in [0.1, 0.15) is 22.9 Å². The molecule has 4 nitrogen and oxygen atoms in total. The Labute approximate surface area is 114 Å². The van der Waals surface area contributed by atoms with E-state index < -0.39 is 0 Å².